The zero-order valence-electron chi connectivity index (χ0n) is 12.4. The Morgan fingerprint density at radius 1 is 1.48 bits per heavy atom. The molecule has 0 aliphatic heterocycles. The molecule has 0 radical (unpaired) electrons. The van der Waals surface area contributed by atoms with Gasteiger partial charge >= 0.3 is 0 Å². The number of nitriles is 1. The van der Waals surface area contributed by atoms with Crippen LogP contribution < -0.4 is 5.73 Å². The van der Waals surface area contributed by atoms with Crippen molar-refractivity contribution in [3.8, 4) is 16.5 Å². The molecule has 0 bridgehead atoms. The molecule has 108 valence electrons. The molecule has 3 nitrogen and oxygen atoms in total. The van der Waals surface area contributed by atoms with Crippen molar-refractivity contribution in [2.75, 3.05) is 5.73 Å². The van der Waals surface area contributed by atoms with Crippen molar-refractivity contribution in [2.45, 2.75) is 39.5 Å². The predicted molar refractivity (Wildman–Crippen MR) is 87.2 cm³/mol. The Kier molecular flexibility index (Phi) is 3.69. The summed E-state index contributed by atoms with van der Waals surface area (Å²) >= 11 is 1.73. The molecule has 2 aromatic heterocycles. The third kappa shape index (κ3) is 2.43. The summed E-state index contributed by atoms with van der Waals surface area (Å²) in [7, 11) is 0. The van der Waals surface area contributed by atoms with Gasteiger partial charge in [0.1, 0.15) is 17.5 Å². The lowest BCUT2D eigenvalue weighted by molar-refractivity contribution is 0.441. The molecule has 2 heterocycles. The zero-order chi connectivity index (χ0) is 15.0. The number of rotatable bonds is 2. The summed E-state index contributed by atoms with van der Waals surface area (Å²) < 4.78 is 0. The minimum absolute atomic E-state index is 0.382. The van der Waals surface area contributed by atoms with E-state index in [2.05, 4.69) is 37.0 Å². The normalized spacial score (nSPS) is 17.3. The minimum atomic E-state index is 0.382. The fourth-order valence-electron chi connectivity index (χ4n) is 3.15. The van der Waals surface area contributed by atoms with Crippen molar-refractivity contribution in [1.82, 2.24) is 4.98 Å². The Hall–Kier alpha value is -1.86. The van der Waals surface area contributed by atoms with Gasteiger partial charge in [-0.15, -0.1) is 11.3 Å². The molecule has 3 rings (SSSR count). The van der Waals surface area contributed by atoms with E-state index in [0.717, 1.165) is 29.0 Å². The number of hydrogen-bond donors (Lipinski definition) is 1. The van der Waals surface area contributed by atoms with Gasteiger partial charge in [0.25, 0.3) is 0 Å². The van der Waals surface area contributed by atoms with Crippen LogP contribution in [0.3, 0.4) is 0 Å². The molecule has 2 N–H and O–H groups in total. The summed E-state index contributed by atoms with van der Waals surface area (Å²) in [4.78, 5) is 6.90. The van der Waals surface area contributed by atoms with Gasteiger partial charge in [-0.3, -0.25) is 0 Å². The lowest BCUT2D eigenvalue weighted by atomic mass is 9.81. The second kappa shape index (κ2) is 5.50. The van der Waals surface area contributed by atoms with Gasteiger partial charge in [-0.1, -0.05) is 13.3 Å². The van der Waals surface area contributed by atoms with Crippen molar-refractivity contribution in [2.24, 2.45) is 5.92 Å². The van der Waals surface area contributed by atoms with Gasteiger partial charge in [0.15, 0.2) is 0 Å². The summed E-state index contributed by atoms with van der Waals surface area (Å²) in [6.07, 6.45) is 4.33. The zero-order valence-corrected chi connectivity index (χ0v) is 13.3. The number of aryl methyl sites for hydroxylation is 2. The number of aromatic nitrogens is 1. The van der Waals surface area contributed by atoms with Crippen molar-refractivity contribution in [1.29, 1.82) is 5.26 Å². The van der Waals surface area contributed by atoms with E-state index in [1.54, 1.807) is 11.3 Å². The van der Waals surface area contributed by atoms with E-state index < -0.39 is 0 Å². The van der Waals surface area contributed by atoms with Crippen molar-refractivity contribution in [3.05, 3.63) is 33.8 Å². The summed E-state index contributed by atoms with van der Waals surface area (Å²) in [6, 6.07) is 6.48. The topological polar surface area (TPSA) is 62.7 Å². The lowest BCUT2D eigenvalue weighted by Crippen LogP contribution is -2.18. The largest absolute Gasteiger partial charge is 0.383 e. The highest BCUT2D eigenvalue weighted by Crippen LogP contribution is 2.40. The number of nitrogens with zero attached hydrogens (tertiary/aromatic N) is 2. The van der Waals surface area contributed by atoms with Crippen molar-refractivity contribution in [3.63, 3.8) is 0 Å². The van der Waals surface area contributed by atoms with Gasteiger partial charge < -0.3 is 5.73 Å². The van der Waals surface area contributed by atoms with E-state index in [-0.39, 0.29) is 0 Å². The second-order valence-electron chi connectivity index (χ2n) is 5.71. The van der Waals surface area contributed by atoms with Crippen LogP contribution >= 0.6 is 11.3 Å². The van der Waals surface area contributed by atoms with Crippen LogP contribution in [0.4, 0.5) is 5.82 Å². The Morgan fingerprint density at radius 2 is 2.29 bits per heavy atom. The number of anilines is 1. The maximum Gasteiger partial charge on any atom is 0.142 e. The first-order valence-corrected chi connectivity index (χ1v) is 8.23. The van der Waals surface area contributed by atoms with Crippen LogP contribution in [0.5, 0.6) is 0 Å². The quantitative estimate of drug-likeness (QED) is 0.908. The van der Waals surface area contributed by atoms with Crippen LogP contribution in [0.2, 0.25) is 0 Å². The molecule has 2 aromatic rings. The van der Waals surface area contributed by atoms with Crippen molar-refractivity contribution >= 4 is 17.2 Å². The molecule has 1 atom stereocenters. The third-order valence-electron chi connectivity index (χ3n) is 4.37. The third-order valence-corrected chi connectivity index (χ3v) is 5.39. The molecule has 0 saturated heterocycles. The molecule has 21 heavy (non-hydrogen) atoms. The van der Waals surface area contributed by atoms with Gasteiger partial charge in [0, 0.05) is 21.0 Å². The number of thiophene rings is 1. The van der Waals surface area contributed by atoms with E-state index in [0.29, 0.717) is 17.3 Å². The molecule has 1 aliphatic carbocycles. The first-order valence-electron chi connectivity index (χ1n) is 7.42. The van der Waals surface area contributed by atoms with Gasteiger partial charge in [-0.05, 0) is 49.8 Å². The van der Waals surface area contributed by atoms with E-state index in [1.807, 2.05) is 0 Å². The average Bonchev–Trinajstić information content (AvgIpc) is 2.91. The van der Waals surface area contributed by atoms with Gasteiger partial charge in [0.2, 0.25) is 0 Å². The molecule has 0 aromatic carbocycles. The first-order chi connectivity index (χ1) is 10.1. The summed E-state index contributed by atoms with van der Waals surface area (Å²) in [5.41, 5.74) is 9.97. The summed E-state index contributed by atoms with van der Waals surface area (Å²) in [5, 5.41) is 9.53. The van der Waals surface area contributed by atoms with Crippen LogP contribution in [0.1, 0.15) is 41.5 Å². The molecule has 0 saturated carbocycles. The molecule has 1 aliphatic rings. The predicted octanol–water partition coefficient (Wildman–Crippen LogP) is 4.09. The Labute approximate surface area is 129 Å². The van der Waals surface area contributed by atoms with Gasteiger partial charge in [-0.2, -0.15) is 5.26 Å². The van der Waals surface area contributed by atoms with Crippen LogP contribution in [0.25, 0.3) is 10.4 Å². The number of nitrogens with two attached hydrogens (primary N) is 1. The van der Waals surface area contributed by atoms with Crippen LogP contribution in [-0.2, 0) is 12.8 Å². The highest BCUT2D eigenvalue weighted by molar-refractivity contribution is 7.15. The van der Waals surface area contributed by atoms with Gasteiger partial charge in [0.05, 0.1) is 0 Å². The van der Waals surface area contributed by atoms with Crippen LogP contribution in [-0.4, -0.2) is 4.98 Å². The van der Waals surface area contributed by atoms with E-state index >= 15 is 0 Å². The Morgan fingerprint density at radius 3 is 2.90 bits per heavy atom. The fraction of sp³-hybridized carbons (Fsp3) is 0.412. The number of nitrogen functional groups attached to an aromatic ring is 1. The van der Waals surface area contributed by atoms with Gasteiger partial charge in [-0.25, -0.2) is 4.98 Å². The molecule has 4 heteroatoms. The minimum Gasteiger partial charge on any atom is -0.383 e. The number of hydrogen-bond acceptors (Lipinski definition) is 4. The highest BCUT2D eigenvalue weighted by Gasteiger charge is 2.26. The van der Waals surface area contributed by atoms with Crippen molar-refractivity contribution < 1.29 is 0 Å². The average molecular weight is 297 g/mol. The first kappa shape index (κ1) is 14.1. The monoisotopic (exact) mass is 297 g/mol. The molecule has 1 unspecified atom stereocenters. The summed E-state index contributed by atoms with van der Waals surface area (Å²) in [5.74, 6) is 1.07. The second-order valence-corrected chi connectivity index (χ2v) is 7.00. The van der Waals surface area contributed by atoms with E-state index in [9.17, 15) is 5.26 Å². The van der Waals surface area contributed by atoms with E-state index in [1.165, 1.54) is 23.3 Å². The fourth-order valence-corrected chi connectivity index (χ4v) is 4.10. The maximum atomic E-state index is 9.53. The summed E-state index contributed by atoms with van der Waals surface area (Å²) in [6.45, 7) is 4.33. The SMILES string of the molecule is CCC1CCc2nc(N)c(C#N)c(-c3ccc(C)s3)c2C1. The van der Waals surface area contributed by atoms with Crippen LogP contribution in [0.15, 0.2) is 12.1 Å². The molecular formula is C17H19N3S. The Balaban J connectivity index is 2.25. The number of pyridine rings is 1. The molecular weight excluding hydrogens is 278 g/mol. The molecule has 0 fully saturated rings. The Bertz CT molecular complexity index is 724. The standard InChI is InChI=1S/C17H19N3S/c1-3-11-5-6-14-12(8-11)16(13(9-18)17(19)20-14)15-7-4-10(2)21-15/h4,7,11H,3,5-6,8H2,1-2H3,(H2,19,20). The highest BCUT2D eigenvalue weighted by atomic mass is 32.1. The maximum absolute atomic E-state index is 9.53. The molecule has 0 spiro atoms. The molecule has 0 amide bonds. The smallest absolute Gasteiger partial charge is 0.142 e. The van der Waals surface area contributed by atoms with Crippen LogP contribution in [0, 0.1) is 24.2 Å². The number of fused-ring (bicyclic) bond motifs is 1. The van der Waals surface area contributed by atoms with E-state index in [4.69, 9.17) is 5.73 Å². The lowest BCUT2D eigenvalue weighted by Gasteiger charge is -2.26.